The van der Waals surface area contributed by atoms with Crippen molar-refractivity contribution in [2.75, 3.05) is 18.2 Å². The van der Waals surface area contributed by atoms with Crippen LogP contribution in [0.5, 0.6) is 17.2 Å². The average Bonchev–Trinajstić information content (AvgIpc) is 3.27. The number of para-hydroxylation sites is 1. The van der Waals surface area contributed by atoms with Gasteiger partial charge in [0.25, 0.3) is 0 Å². The summed E-state index contributed by atoms with van der Waals surface area (Å²) >= 11 is 2.78. The Morgan fingerprint density at radius 3 is 2.29 bits per heavy atom. The van der Waals surface area contributed by atoms with Gasteiger partial charge in [0.15, 0.2) is 10.1 Å². The van der Waals surface area contributed by atoms with E-state index in [0.29, 0.717) is 16.4 Å². The van der Waals surface area contributed by atoms with E-state index in [1.807, 2.05) is 54.6 Å². The lowest BCUT2D eigenvalue weighted by Gasteiger charge is -2.06. The highest BCUT2D eigenvalue weighted by Gasteiger charge is 2.11. The Morgan fingerprint density at radius 2 is 1.58 bits per heavy atom. The highest BCUT2D eigenvalue weighted by Crippen LogP contribution is 2.29. The Labute approximate surface area is 188 Å². The predicted octanol–water partition coefficient (Wildman–Crippen LogP) is 6.06. The highest BCUT2D eigenvalue weighted by molar-refractivity contribution is 8.01. The second-order valence-electron chi connectivity index (χ2n) is 6.38. The minimum absolute atomic E-state index is 0.0337. The van der Waals surface area contributed by atoms with Crippen LogP contribution in [0.25, 0.3) is 0 Å². The summed E-state index contributed by atoms with van der Waals surface area (Å²) in [6.45, 7) is 0. The highest BCUT2D eigenvalue weighted by atomic mass is 32.2. The van der Waals surface area contributed by atoms with E-state index < -0.39 is 0 Å². The molecule has 0 radical (unpaired) electrons. The van der Waals surface area contributed by atoms with Crippen LogP contribution in [0.15, 0.2) is 83.2 Å². The minimum atomic E-state index is 0.0337. The summed E-state index contributed by atoms with van der Waals surface area (Å²) in [5.41, 5.74) is 1.52. The lowest BCUT2D eigenvalue weighted by Crippen LogP contribution is -2.02. The number of nitrogens with zero attached hydrogens (tertiary/aromatic N) is 2. The van der Waals surface area contributed by atoms with Crippen LogP contribution in [0.3, 0.4) is 0 Å². The number of thioether (sulfide) groups is 1. The number of rotatable bonds is 9. The molecule has 0 saturated carbocycles. The van der Waals surface area contributed by atoms with Crippen molar-refractivity contribution in [3.8, 4) is 17.2 Å². The maximum absolute atomic E-state index is 12.3. The molecule has 1 heterocycles. The SMILES string of the molecule is COc1ccc(C(=O)CSc2nnc(Nc3ccc(Oc4ccccc4)cc3)s2)cc1. The summed E-state index contributed by atoms with van der Waals surface area (Å²) in [5, 5.41) is 12.2. The lowest BCUT2D eigenvalue weighted by molar-refractivity contribution is 0.102. The first-order valence-corrected chi connectivity index (χ1v) is 11.2. The third kappa shape index (κ3) is 5.84. The van der Waals surface area contributed by atoms with E-state index in [2.05, 4.69) is 15.5 Å². The summed E-state index contributed by atoms with van der Waals surface area (Å²) in [7, 11) is 1.60. The standard InChI is InChI=1S/C23H19N3O3S2/c1-28-18-11-7-16(8-12-18)21(27)15-30-23-26-25-22(31-23)24-17-9-13-20(14-10-17)29-19-5-3-2-4-6-19/h2-14H,15H2,1H3,(H,24,25). The molecule has 0 unspecified atom stereocenters. The van der Waals surface area contributed by atoms with Crippen molar-refractivity contribution in [1.82, 2.24) is 10.2 Å². The zero-order valence-corrected chi connectivity index (χ0v) is 18.3. The van der Waals surface area contributed by atoms with E-state index in [0.717, 1.165) is 27.3 Å². The van der Waals surface area contributed by atoms with Gasteiger partial charge in [0.1, 0.15) is 17.2 Å². The van der Waals surface area contributed by atoms with E-state index in [1.165, 1.54) is 23.1 Å². The number of ether oxygens (including phenoxy) is 2. The van der Waals surface area contributed by atoms with E-state index in [4.69, 9.17) is 9.47 Å². The topological polar surface area (TPSA) is 73.3 Å². The molecule has 1 N–H and O–H groups in total. The van der Waals surface area contributed by atoms with E-state index >= 15 is 0 Å². The number of benzene rings is 3. The molecule has 4 aromatic rings. The normalized spacial score (nSPS) is 10.5. The molecule has 0 fully saturated rings. The van der Waals surface area contributed by atoms with Gasteiger partial charge in [-0.3, -0.25) is 4.79 Å². The van der Waals surface area contributed by atoms with Crippen molar-refractivity contribution in [2.24, 2.45) is 0 Å². The van der Waals surface area contributed by atoms with Crippen molar-refractivity contribution >= 4 is 39.7 Å². The summed E-state index contributed by atoms with van der Waals surface area (Å²) in [6.07, 6.45) is 0. The smallest absolute Gasteiger partial charge is 0.210 e. The first kappa shape index (κ1) is 20.9. The van der Waals surface area contributed by atoms with Gasteiger partial charge in [0.05, 0.1) is 12.9 Å². The number of methoxy groups -OCH3 is 1. The molecule has 8 heteroatoms. The molecule has 3 aromatic carbocycles. The van der Waals surface area contributed by atoms with Gasteiger partial charge in [-0.15, -0.1) is 10.2 Å². The molecule has 0 saturated heterocycles. The second kappa shape index (κ2) is 10.1. The van der Waals surface area contributed by atoms with Crippen molar-refractivity contribution in [3.05, 3.63) is 84.4 Å². The number of Topliss-reactive ketones (excluding diaryl/α,β-unsaturated/α-hetero) is 1. The van der Waals surface area contributed by atoms with Gasteiger partial charge in [-0.2, -0.15) is 0 Å². The molecular formula is C23H19N3O3S2. The fraction of sp³-hybridized carbons (Fsp3) is 0.0870. The van der Waals surface area contributed by atoms with Gasteiger partial charge in [0, 0.05) is 11.3 Å². The monoisotopic (exact) mass is 449 g/mol. The van der Waals surface area contributed by atoms with Gasteiger partial charge in [-0.25, -0.2) is 0 Å². The van der Waals surface area contributed by atoms with Crippen LogP contribution in [0.4, 0.5) is 10.8 Å². The molecular weight excluding hydrogens is 430 g/mol. The fourth-order valence-corrected chi connectivity index (χ4v) is 4.33. The van der Waals surface area contributed by atoms with E-state index in [9.17, 15) is 4.79 Å². The number of hydrogen-bond donors (Lipinski definition) is 1. The molecule has 0 bridgehead atoms. The summed E-state index contributed by atoms with van der Waals surface area (Å²) < 4.78 is 11.6. The summed E-state index contributed by atoms with van der Waals surface area (Å²) in [6, 6.07) is 24.3. The molecule has 0 aliphatic carbocycles. The summed E-state index contributed by atoms with van der Waals surface area (Å²) in [4.78, 5) is 12.3. The van der Waals surface area contributed by atoms with Crippen LogP contribution < -0.4 is 14.8 Å². The van der Waals surface area contributed by atoms with Gasteiger partial charge in [0.2, 0.25) is 5.13 Å². The van der Waals surface area contributed by atoms with Crippen LogP contribution in [0.2, 0.25) is 0 Å². The zero-order chi connectivity index (χ0) is 21.5. The molecule has 6 nitrogen and oxygen atoms in total. The molecule has 31 heavy (non-hydrogen) atoms. The second-order valence-corrected chi connectivity index (χ2v) is 8.58. The Balaban J connectivity index is 1.30. The van der Waals surface area contributed by atoms with E-state index in [1.54, 1.807) is 31.4 Å². The Hall–Kier alpha value is -3.36. The number of ketones is 1. The minimum Gasteiger partial charge on any atom is -0.497 e. The lowest BCUT2D eigenvalue weighted by atomic mass is 10.1. The van der Waals surface area contributed by atoms with Gasteiger partial charge < -0.3 is 14.8 Å². The Kier molecular flexibility index (Phi) is 6.81. The number of hydrogen-bond acceptors (Lipinski definition) is 8. The van der Waals surface area contributed by atoms with E-state index in [-0.39, 0.29) is 5.78 Å². The van der Waals surface area contributed by atoms with Crippen LogP contribution in [0, 0.1) is 0 Å². The number of carbonyl (C=O) groups excluding carboxylic acids is 1. The first-order chi connectivity index (χ1) is 15.2. The van der Waals surface area contributed by atoms with Crippen LogP contribution in [0.1, 0.15) is 10.4 Å². The molecule has 1 aromatic heterocycles. The molecule has 0 amide bonds. The molecule has 156 valence electrons. The fourth-order valence-electron chi connectivity index (χ4n) is 2.66. The largest absolute Gasteiger partial charge is 0.497 e. The van der Waals surface area contributed by atoms with Crippen LogP contribution in [-0.4, -0.2) is 28.8 Å². The molecule has 0 atom stereocenters. The molecule has 0 spiro atoms. The molecule has 0 aliphatic heterocycles. The maximum Gasteiger partial charge on any atom is 0.210 e. The van der Waals surface area contributed by atoms with Crippen LogP contribution in [-0.2, 0) is 0 Å². The van der Waals surface area contributed by atoms with Crippen LogP contribution >= 0.6 is 23.1 Å². The third-order valence-electron chi connectivity index (χ3n) is 4.23. The van der Waals surface area contributed by atoms with Crippen molar-refractivity contribution < 1.29 is 14.3 Å². The number of nitrogens with one attached hydrogen (secondary N) is 1. The van der Waals surface area contributed by atoms with Gasteiger partial charge in [-0.05, 0) is 60.7 Å². The zero-order valence-electron chi connectivity index (χ0n) is 16.6. The first-order valence-electron chi connectivity index (χ1n) is 9.43. The Bertz CT molecular complexity index is 1130. The third-order valence-corrected chi connectivity index (χ3v) is 6.20. The van der Waals surface area contributed by atoms with Crippen molar-refractivity contribution in [2.45, 2.75) is 4.34 Å². The van der Waals surface area contributed by atoms with Gasteiger partial charge >= 0.3 is 0 Å². The molecule has 4 rings (SSSR count). The van der Waals surface area contributed by atoms with Gasteiger partial charge in [-0.1, -0.05) is 41.3 Å². The average molecular weight is 450 g/mol. The summed E-state index contributed by atoms with van der Waals surface area (Å²) in [5.74, 6) is 2.60. The van der Waals surface area contributed by atoms with Crippen molar-refractivity contribution in [3.63, 3.8) is 0 Å². The Morgan fingerprint density at radius 1 is 0.903 bits per heavy atom. The number of carbonyl (C=O) groups is 1. The molecule has 0 aliphatic rings. The number of aromatic nitrogens is 2. The number of anilines is 2. The van der Waals surface area contributed by atoms with Crippen molar-refractivity contribution in [1.29, 1.82) is 0 Å². The predicted molar refractivity (Wildman–Crippen MR) is 124 cm³/mol. The maximum atomic E-state index is 12.3. The quantitative estimate of drug-likeness (QED) is 0.246.